The number of hydrogen-bond acceptors (Lipinski definition) is 6. The van der Waals surface area contributed by atoms with Crippen LogP contribution < -0.4 is 10.1 Å². The van der Waals surface area contributed by atoms with Crippen molar-refractivity contribution in [2.24, 2.45) is 5.92 Å². The monoisotopic (exact) mass is 380 g/mol. The summed E-state index contributed by atoms with van der Waals surface area (Å²) in [5.74, 6) is -0.0507. The molecule has 1 aliphatic heterocycles. The summed E-state index contributed by atoms with van der Waals surface area (Å²) in [6, 6.07) is 5.40. The number of nitrogens with zero attached hydrogens (tertiary/aromatic N) is 1. The van der Waals surface area contributed by atoms with Crippen LogP contribution in [0.15, 0.2) is 23.6 Å². The number of benzene rings is 1. The quantitative estimate of drug-likeness (QED) is 0.806. The molecule has 2 heterocycles. The molecule has 1 amide bonds. The summed E-state index contributed by atoms with van der Waals surface area (Å²) in [5.41, 5.74) is 1.50. The SMILES string of the molecule is CCOC(=O)Cc1csc(NC(=O)C2COc3ccc(Cl)cc3C2)n1. The van der Waals surface area contributed by atoms with Gasteiger partial charge in [-0.3, -0.25) is 9.59 Å². The number of carbonyl (C=O) groups is 2. The van der Waals surface area contributed by atoms with E-state index >= 15 is 0 Å². The van der Waals surface area contributed by atoms with Gasteiger partial charge in [-0.1, -0.05) is 11.6 Å². The van der Waals surface area contributed by atoms with Crippen LogP contribution in [0.1, 0.15) is 18.2 Å². The number of aromatic nitrogens is 1. The van der Waals surface area contributed by atoms with E-state index < -0.39 is 0 Å². The molecule has 0 saturated carbocycles. The molecule has 3 rings (SSSR count). The van der Waals surface area contributed by atoms with Crippen LogP contribution in [0, 0.1) is 5.92 Å². The van der Waals surface area contributed by atoms with Crippen LogP contribution in [0.3, 0.4) is 0 Å². The molecule has 1 aromatic carbocycles. The van der Waals surface area contributed by atoms with Gasteiger partial charge in [0.1, 0.15) is 12.4 Å². The normalized spacial score (nSPS) is 15.8. The van der Waals surface area contributed by atoms with E-state index in [1.54, 1.807) is 18.4 Å². The highest BCUT2D eigenvalue weighted by Crippen LogP contribution is 2.30. The summed E-state index contributed by atoms with van der Waals surface area (Å²) in [5, 5.41) is 5.60. The highest BCUT2D eigenvalue weighted by molar-refractivity contribution is 7.13. The first-order valence-electron chi connectivity index (χ1n) is 7.87. The number of amides is 1. The topological polar surface area (TPSA) is 77.5 Å². The average molecular weight is 381 g/mol. The van der Waals surface area contributed by atoms with Gasteiger partial charge in [-0.05, 0) is 37.1 Å². The molecule has 0 bridgehead atoms. The van der Waals surface area contributed by atoms with E-state index in [-0.39, 0.29) is 24.2 Å². The fourth-order valence-electron chi connectivity index (χ4n) is 2.54. The molecule has 1 N–H and O–H groups in total. The molecule has 8 heteroatoms. The van der Waals surface area contributed by atoms with Gasteiger partial charge in [0, 0.05) is 10.4 Å². The first-order valence-corrected chi connectivity index (χ1v) is 9.13. The fraction of sp³-hybridized carbons (Fsp3) is 0.353. The second-order valence-electron chi connectivity index (χ2n) is 5.58. The van der Waals surface area contributed by atoms with E-state index in [1.165, 1.54) is 11.3 Å². The number of anilines is 1. The largest absolute Gasteiger partial charge is 0.492 e. The van der Waals surface area contributed by atoms with Gasteiger partial charge in [0.15, 0.2) is 5.13 Å². The Hall–Kier alpha value is -2.12. The van der Waals surface area contributed by atoms with Gasteiger partial charge in [-0.25, -0.2) is 4.98 Å². The lowest BCUT2D eigenvalue weighted by Gasteiger charge is -2.24. The molecular weight excluding hydrogens is 364 g/mol. The zero-order valence-corrected chi connectivity index (χ0v) is 15.2. The maximum absolute atomic E-state index is 12.4. The van der Waals surface area contributed by atoms with Gasteiger partial charge in [0.05, 0.1) is 24.6 Å². The molecular formula is C17H17ClN2O4S. The summed E-state index contributed by atoms with van der Waals surface area (Å²) in [4.78, 5) is 28.2. The number of thiazole rings is 1. The van der Waals surface area contributed by atoms with Crippen molar-refractivity contribution in [3.63, 3.8) is 0 Å². The van der Waals surface area contributed by atoms with Crippen LogP contribution in [0.25, 0.3) is 0 Å². The average Bonchev–Trinajstić information content (AvgIpc) is 3.01. The van der Waals surface area contributed by atoms with Crippen LogP contribution in [0.5, 0.6) is 5.75 Å². The van der Waals surface area contributed by atoms with E-state index in [0.717, 1.165) is 11.3 Å². The number of rotatable bonds is 5. The van der Waals surface area contributed by atoms with Crippen molar-refractivity contribution in [1.82, 2.24) is 4.98 Å². The van der Waals surface area contributed by atoms with Gasteiger partial charge in [-0.15, -0.1) is 11.3 Å². The number of hydrogen-bond donors (Lipinski definition) is 1. The second kappa shape index (κ2) is 7.84. The van der Waals surface area contributed by atoms with Crippen molar-refractivity contribution in [3.05, 3.63) is 39.9 Å². The number of ether oxygens (including phenoxy) is 2. The molecule has 0 radical (unpaired) electrons. The van der Waals surface area contributed by atoms with Gasteiger partial charge in [0.2, 0.25) is 5.91 Å². The van der Waals surface area contributed by atoms with Crippen molar-refractivity contribution >= 4 is 39.9 Å². The van der Waals surface area contributed by atoms with Crippen molar-refractivity contribution < 1.29 is 19.1 Å². The standard InChI is InChI=1S/C17H17ClN2O4S/c1-2-23-15(21)7-13-9-25-17(19-13)20-16(22)11-5-10-6-12(18)3-4-14(10)24-8-11/h3-4,6,9,11H,2,5,7-8H2,1H3,(H,19,20,22). The van der Waals surface area contributed by atoms with Crippen LogP contribution in [-0.2, 0) is 27.2 Å². The maximum Gasteiger partial charge on any atom is 0.311 e. The Kier molecular flexibility index (Phi) is 5.55. The van der Waals surface area contributed by atoms with Crippen molar-refractivity contribution in [3.8, 4) is 5.75 Å². The first kappa shape index (κ1) is 17.7. The second-order valence-corrected chi connectivity index (χ2v) is 6.87. The lowest BCUT2D eigenvalue weighted by atomic mass is 9.96. The fourth-order valence-corrected chi connectivity index (χ4v) is 3.45. The van der Waals surface area contributed by atoms with Crippen LogP contribution in [0.4, 0.5) is 5.13 Å². The summed E-state index contributed by atoms with van der Waals surface area (Å²) < 4.78 is 10.5. The third-order valence-corrected chi connectivity index (χ3v) is 4.75. The molecule has 0 saturated heterocycles. The Morgan fingerprint density at radius 3 is 3.12 bits per heavy atom. The summed E-state index contributed by atoms with van der Waals surface area (Å²) in [6.45, 7) is 2.39. The molecule has 1 atom stereocenters. The third kappa shape index (κ3) is 4.49. The molecule has 0 fully saturated rings. The molecule has 25 heavy (non-hydrogen) atoms. The predicted molar refractivity (Wildman–Crippen MR) is 95.2 cm³/mol. The number of nitrogens with one attached hydrogen (secondary N) is 1. The molecule has 1 unspecified atom stereocenters. The van der Waals surface area contributed by atoms with Crippen LogP contribution in [0.2, 0.25) is 5.02 Å². The lowest BCUT2D eigenvalue weighted by molar-refractivity contribution is -0.142. The van der Waals surface area contributed by atoms with Gasteiger partial charge >= 0.3 is 5.97 Å². The van der Waals surface area contributed by atoms with E-state index in [0.29, 0.717) is 35.5 Å². The Labute approximate surface area is 154 Å². The minimum absolute atomic E-state index is 0.0959. The van der Waals surface area contributed by atoms with Gasteiger partial charge in [0.25, 0.3) is 0 Å². The summed E-state index contributed by atoms with van der Waals surface area (Å²) >= 11 is 7.28. The Morgan fingerprint density at radius 2 is 2.32 bits per heavy atom. The van der Waals surface area contributed by atoms with E-state index in [1.807, 2.05) is 12.1 Å². The third-order valence-electron chi connectivity index (χ3n) is 3.71. The first-order chi connectivity index (χ1) is 12.0. The molecule has 132 valence electrons. The number of halogens is 1. The smallest absolute Gasteiger partial charge is 0.311 e. The number of fused-ring (bicyclic) bond motifs is 1. The predicted octanol–water partition coefficient (Wildman–Crippen LogP) is 3.09. The molecule has 6 nitrogen and oxygen atoms in total. The highest BCUT2D eigenvalue weighted by Gasteiger charge is 2.27. The van der Waals surface area contributed by atoms with Gasteiger partial charge < -0.3 is 14.8 Å². The Bertz CT molecular complexity index is 793. The number of carbonyl (C=O) groups excluding carboxylic acids is 2. The van der Waals surface area contributed by atoms with E-state index in [2.05, 4.69) is 10.3 Å². The Balaban J connectivity index is 1.59. The van der Waals surface area contributed by atoms with Gasteiger partial charge in [-0.2, -0.15) is 0 Å². The molecule has 0 spiro atoms. The van der Waals surface area contributed by atoms with Crippen molar-refractivity contribution in [2.75, 3.05) is 18.5 Å². The summed E-state index contributed by atoms with van der Waals surface area (Å²) in [7, 11) is 0. The van der Waals surface area contributed by atoms with E-state index in [4.69, 9.17) is 21.1 Å². The maximum atomic E-state index is 12.4. The van der Waals surface area contributed by atoms with Crippen molar-refractivity contribution in [1.29, 1.82) is 0 Å². The van der Waals surface area contributed by atoms with E-state index in [9.17, 15) is 9.59 Å². The molecule has 1 aromatic heterocycles. The van der Waals surface area contributed by atoms with Crippen LogP contribution >= 0.6 is 22.9 Å². The zero-order valence-electron chi connectivity index (χ0n) is 13.6. The Morgan fingerprint density at radius 1 is 1.48 bits per heavy atom. The highest BCUT2D eigenvalue weighted by atomic mass is 35.5. The van der Waals surface area contributed by atoms with Crippen LogP contribution in [-0.4, -0.2) is 30.1 Å². The zero-order chi connectivity index (χ0) is 17.8. The minimum atomic E-state index is -0.333. The molecule has 2 aromatic rings. The number of esters is 1. The minimum Gasteiger partial charge on any atom is -0.492 e. The molecule has 1 aliphatic rings. The van der Waals surface area contributed by atoms with Crippen molar-refractivity contribution in [2.45, 2.75) is 19.8 Å². The molecule has 0 aliphatic carbocycles. The lowest BCUT2D eigenvalue weighted by Crippen LogP contribution is -2.32. The summed E-state index contributed by atoms with van der Waals surface area (Å²) in [6.07, 6.45) is 0.654.